The van der Waals surface area contributed by atoms with Gasteiger partial charge >= 0.3 is 5.97 Å². The third kappa shape index (κ3) is 3.29. The first kappa shape index (κ1) is 15.2. The molecule has 1 aromatic rings. The third-order valence-electron chi connectivity index (χ3n) is 3.58. The molecule has 0 aromatic heterocycles. The molecule has 6 nitrogen and oxygen atoms in total. The van der Waals surface area contributed by atoms with Gasteiger partial charge in [-0.3, -0.25) is 10.1 Å². The SMILES string of the molecule is CC(C)N(CC1CC1)c1cc(F)c(C(=O)O)cc1[N+](=O)[O-]. The van der Waals surface area contributed by atoms with E-state index >= 15 is 0 Å². The molecule has 0 atom stereocenters. The number of benzene rings is 1. The summed E-state index contributed by atoms with van der Waals surface area (Å²) < 4.78 is 13.9. The summed E-state index contributed by atoms with van der Waals surface area (Å²) in [6, 6.07) is 1.72. The number of hydrogen-bond acceptors (Lipinski definition) is 4. The van der Waals surface area contributed by atoms with Gasteiger partial charge in [-0.15, -0.1) is 0 Å². The Kier molecular flexibility index (Phi) is 4.11. The van der Waals surface area contributed by atoms with Crippen molar-refractivity contribution in [2.24, 2.45) is 5.92 Å². The summed E-state index contributed by atoms with van der Waals surface area (Å²) in [5.74, 6) is -2.00. The zero-order valence-corrected chi connectivity index (χ0v) is 11.9. The number of carboxylic acid groups (broad SMARTS) is 1. The third-order valence-corrected chi connectivity index (χ3v) is 3.58. The van der Waals surface area contributed by atoms with Gasteiger partial charge in [0.2, 0.25) is 0 Å². The summed E-state index contributed by atoms with van der Waals surface area (Å²) >= 11 is 0. The van der Waals surface area contributed by atoms with E-state index in [0.717, 1.165) is 25.0 Å². The van der Waals surface area contributed by atoms with E-state index in [1.165, 1.54) is 0 Å². The average Bonchev–Trinajstić information content (AvgIpc) is 3.18. The van der Waals surface area contributed by atoms with Crippen molar-refractivity contribution in [3.63, 3.8) is 0 Å². The van der Waals surface area contributed by atoms with Crippen molar-refractivity contribution in [2.75, 3.05) is 11.4 Å². The number of nitro groups is 1. The van der Waals surface area contributed by atoms with Gasteiger partial charge in [0.1, 0.15) is 17.1 Å². The van der Waals surface area contributed by atoms with Crippen LogP contribution in [0.3, 0.4) is 0 Å². The Bertz CT molecular complexity index is 585. The molecule has 1 aliphatic rings. The standard InChI is InChI=1S/C14H17FN2O4/c1-8(2)16(7-9-3-4-9)12-6-11(15)10(14(18)19)5-13(12)17(20)21/h5-6,8-9H,3-4,7H2,1-2H3,(H,18,19). The van der Waals surface area contributed by atoms with Crippen LogP contribution in [-0.2, 0) is 0 Å². The largest absolute Gasteiger partial charge is 0.478 e. The number of aromatic carboxylic acids is 1. The molecule has 1 aromatic carbocycles. The lowest BCUT2D eigenvalue weighted by Crippen LogP contribution is -2.33. The van der Waals surface area contributed by atoms with E-state index < -0.39 is 22.3 Å². The van der Waals surface area contributed by atoms with Crippen LogP contribution < -0.4 is 4.90 Å². The fourth-order valence-electron chi connectivity index (χ4n) is 2.26. The molecule has 0 bridgehead atoms. The van der Waals surface area contributed by atoms with Crippen LogP contribution in [-0.4, -0.2) is 28.6 Å². The fourth-order valence-corrected chi connectivity index (χ4v) is 2.26. The molecule has 0 unspecified atom stereocenters. The van der Waals surface area contributed by atoms with Crippen LogP contribution in [0.25, 0.3) is 0 Å². The van der Waals surface area contributed by atoms with Crippen LogP contribution in [0.4, 0.5) is 15.8 Å². The van der Waals surface area contributed by atoms with Gasteiger partial charge in [0.05, 0.1) is 4.92 Å². The van der Waals surface area contributed by atoms with Crippen LogP contribution in [0.2, 0.25) is 0 Å². The molecule has 0 radical (unpaired) electrons. The highest BCUT2D eigenvalue weighted by Gasteiger charge is 2.31. The summed E-state index contributed by atoms with van der Waals surface area (Å²) in [5, 5.41) is 20.1. The van der Waals surface area contributed by atoms with Crippen molar-refractivity contribution in [1.29, 1.82) is 0 Å². The number of carboxylic acids is 1. The van der Waals surface area contributed by atoms with Gasteiger partial charge in [0, 0.05) is 24.7 Å². The highest BCUT2D eigenvalue weighted by molar-refractivity contribution is 5.90. The molecule has 0 aliphatic heterocycles. The maximum absolute atomic E-state index is 13.9. The minimum absolute atomic E-state index is 0.0422. The van der Waals surface area contributed by atoms with Crippen LogP contribution in [0.5, 0.6) is 0 Å². The fraction of sp³-hybridized carbons (Fsp3) is 0.500. The molecule has 1 fully saturated rings. The molecule has 1 aliphatic carbocycles. The maximum atomic E-state index is 13.9. The Morgan fingerprint density at radius 1 is 1.52 bits per heavy atom. The van der Waals surface area contributed by atoms with E-state index in [0.29, 0.717) is 12.5 Å². The topological polar surface area (TPSA) is 83.7 Å². The Morgan fingerprint density at radius 3 is 2.57 bits per heavy atom. The van der Waals surface area contributed by atoms with Gasteiger partial charge in [-0.2, -0.15) is 0 Å². The number of hydrogen-bond donors (Lipinski definition) is 1. The molecule has 7 heteroatoms. The first-order valence-corrected chi connectivity index (χ1v) is 6.79. The van der Waals surface area contributed by atoms with Crippen molar-refractivity contribution < 1.29 is 19.2 Å². The molecule has 2 rings (SSSR count). The summed E-state index contributed by atoms with van der Waals surface area (Å²) in [7, 11) is 0. The zero-order valence-electron chi connectivity index (χ0n) is 11.9. The second-order valence-corrected chi connectivity index (χ2v) is 5.57. The minimum atomic E-state index is -1.51. The van der Waals surface area contributed by atoms with E-state index in [4.69, 9.17) is 5.11 Å². The molecule has 21 heavy (non-hydrogen) atoms. The molecule has 1 N–H and O–H groups in total. The van der Waals surface area contributed by atoms with Gasteiger partial charge in [0.15, 0.2) is 0 Å². The molecule has 0 amide bonds. The van der Waals surface area contributed by atoms with E-state index in [1.54, 1.807) is 4.90 Å². The van der Waals surface area contributed by atoms with E-state index in [9.17, 15) is 19.3 Å². The lowest BCUT2D eigenvalue weighted by Gasteiger charge is -2.28. The van der Waals surface area contributed by atoms with Crippen molar-refractivity contribution in [3.05, 3.63) is 33.6 Å². The summed E-state index contributed by atoms with van der Waals surface area (Å²) in [6.45, 7) is 4.36. The van der Waals surface area contributed by atoms with Crippen LogP contribution in [0.15, 0.2) is 12.1 Å². The summed E-state index contributed by atoms with van der Waals surface area (Å²) in [4.78, 5) is 23.2. The number of nitro benzene ring substituents is 1. The molecular formula is C14H17FN2O4. The zero-order chi connectivity index (χ0) is 15.7. The highest BCUT2D eigenvalue weighted by atomic mass is 19.1. The van der Waals surface area contributed by atoms with Gasteiger partial charge in [-0.1, -0.05) is 0 Å². The Balaban J connectivity index is 2.51. The monoisotopic (exact) mass is 296 g/mol. The van der Waals surface area contributed by atoms with E-state index in [2.05, 4.69) is 0 Å². The average molecular weight is 296 g/mol. The number of anilines is 1. The molecular weight excluding hydrogens is 279 g/mol. The number of halogens is 1. The predicted molar refractivity (Wildman–Crippen MR) is 75.2 cm³/mol. The Labute approximate surface area is 121 Å². The molecule has 0 spiro atoms. The first-order chi connectivity index (χ1) is 9.81. The molecule has 0 heterocycles. The van der Waals surface area contributed by atoms with Gasteiger partial charge in [0.25, 0.3) is 5.69 Å². The van der Waals surface area contributed by atoms with Crippen LogP contribution in [0.1, 0.15) is 37.0 Å². The maximum Gasteiger partial charge on any atom is 0.338 e. The smallest absolute Gasteiger partial charge is 0.338 e. The van der Waals surface area contributed by atoms with Crippen molar-refractivity contribution in [3.8, 4) is 0 Å². The predicted octanol–water partition coefficient (Wildman–Crippen LogP) is 3.06. The molecule has 114 valence electrons. The normalized spacial score (nSPS) is 14.3. The minimum Gasteiger partial charge on any atom is -0.478 e. The number of nitrogens with zero attached hydrogens (tertiary/aromatic N) is 2. The summed E-state index contributed by atoms with van der Waals surface area (Å²) in [6.07, 6.45) is 2.12. The summed E-state index contributed by atoms with van der Waals surface area (Å²) in [5.41, 5.74) is -0.909. The first-order valence-electron chi connectivity index (χ1n) is 6.79. The lowest BCUT2D eigenvalue weighted by atomic mass is 10.1. The second-order valence-electron chi connectivity index (χ2n) is 5.57. The highest BCUT2D eigenvalue weighted by Crippen LogP contribution is 2.37. The Hall–Kier alpha value is -2.18. The van der Waals surface area contributed by atoms with Crippen LogP contribution >= 0.6 is 0 Å². The number of carbonyl (C=O) groups is 1. The second kappa shape index (κ2) is 5.67. The van der Waals surface area contributed by atoms with Crippen molar-refractivity contribution in [1.82, 2.24) is 0 Å². The van der Waals surface area contributed by atoms with E-state index in [-0.39, 0.29) is 17.4 Å². The van der Waals surface area contributed by atoms with Crippen molar-refractivity contribution >= 4 is 17.3 Å². The van der Waals surface area contributed by atoms with Gasteiger partial charge in [-0.05, 0) is 32.6 Å². The molecule has 0 saturated heterocycles. The Morgan fingerprint density at radius 2 is 2.14 bits per heavy atom. The number of rotatable bonds is 6. The van der Waals surface area contributed by atoms with E-state index in [1.807, 2.05) is 13.8 Å². The van der Waals surface area contributed by atoms with Gasteiger partial charge in [-0.25, -0.2) is 9.18 Å². The molecule has 1 saturated carbocycles. The van der Waals surface area contributed by atoms with Crippen LogP contribution in [0, 0.1) is 21.8 Å². The van der Waals surface area contributed by atoms with Gasteiger partial charge < -0.3 is 10.0 Å². The lowest BCUT2D eigenvalue weighted by molar-refractivity contribution is -0.384. The quantitative estimate of drug-likeness (QED) is 0.644. The van der Waals surface area contributed by atoms with Crippen molar-refractivity contribution in [2.45, 2.75) is 32.7 Å².